The lowest BCUT2D eigenvalue weighted by molar-refractivity contribution is -0.136. The largest absolute Gasteiger partial charge is 0.493 e. The van der Waals surface area contributed by atoms with Gasteiger partial charge in [-0.1, -0.05) is 35.3 Å². The lowest BCUT2D eigenvalue weighted by Gasteiger charge is -2.36. The molecule has 1 atom stereocenters. The second kappa shape index (κ2) is 11.3. The lowest BCUT2D eigenvalue weighted by atomic mass is 10.0. The number of nitrogens with zero attached hydrogens (tertiary/aromatic N) is 3. The van der Waals surface area contributed by atoms with Crippen LogP contribution < -0.4 is 15.0 Å². The number of anilines is 1. The summed E-state index contributed by atoms with van der Waals surface area (Å²) in [5.74, 6) is -0.195. The standard InChI is InChI=1S/C27H30Cl2N4O4/c28-20-6-4-7-21(25(20)29)32-14-12-31(13-15-32)11-1-2-16-37-23-8-3-5-18-19(23)17-33(27(18)36)22-9-10-24(34)30-26(22)35/h3-8,22H,1-2,9-17H2,(H,30,34,35). The Morgan fingerprint density at radius 2 is 1.76 bits per heavy atom. The maximum atomic E-state index is 13.0. The summed E-state index contributed by atoms with van der Waals surface area (Å²) >= 11 is 12.6. The summed E-state index contributed by atoms with van der Waals surface area (Å²) in [6.45, 7) is 5.62. The van der Waals surface area contributed by atoms with E-state index >= 15 is 0 Å². The van der Waals surface area contributed by atoms with E-state index in [1.165, 1.54) is 0 Å². The average molecular weight is 545 g/mol. The fourth-order valence-electron chi connectivity index (χ4n) is 5.26. The molecule has 0 radical (unpaired) electrons. The molecule has 196 valence electrons. The molecule has 3 aliphatic rings. The maximum Gasteiger partial charge on any atom is 0.255 e. The number of ether oxygens (including phenoxy) is 1. The topological polar surface area (TPSA) is 82.2 Å². The van der Waals surface area contributed by atoms with Crippen molar-refractivity contribution in [1.29, 1.82) is 0 Å². The number of piperidine rings is 1. The Morgan fingerprint density at radius 1 is 0.973 bits per heavy atom. The minimum Gasteiger partial charge on any atom is -0.493 e. The fourth-order valence-corrected chi connectivity index (χ4v) is 5.68. The number of unbranched alkanes of at least 4 members (excludes halogenated alkanes) is 1. The Labute approximate surface area is 226 Å². The summed E-state index contributed by atoms with van der Waals surface area (Å²) in [6, 6.07) is 10.6. The van der Waals surface area contributed by atoms with Crippen molar-refractivity contribution in [2.75, 3.05) is 44.2 Å². The molecular formula is C27H30Cl2N4O4. The monoisotopic (exact) mass is 544 g/mol. The zero-order chi connectivity index (χ0) is 25.9. The molecule has 0 bridgehead atoms. The lowest BCUT2D eigenvalue weighted by Crippen LogP contribution is -2.52. The van der Waals surface area contributed by atoms with Crippen molar-refractivity contribution < 1.29 is 19.1 Å². The number of halogens is 2. The number of carbonyl (C=O) groups excluding carboxylic acids is 3. The van der Waals surface area contributed by atoms with E-state index in [2.05, 4.69) is 15.1 Å². The first-order chi connectivity index (χ1) is 17.9. The van der Waals surface area contributed by atoms with Crippen molar-refractivity contribution in [2.45, 2.75) is 38.3 Å². The first-order valence-corrected chi connectivity index (χ1v) is 13.5. The van der Waals surface area contributed by atoms with Crippen LogP contribution in [0.2, 0.25) is 10.0 Å². The quantitative estimate of drug-likeness (QED) is 0.402. The molecule has 2 fully saturated rings. The van der Waals surface area contributed by atoms with E-state index in [0.717, 1.165) is 56.8 Å². The molecule has 3 amide bonds. The predicted molar refractivity (Wildman–Crippen MR) is 142 cm³/mol. The van der Waals surface area contributed by atoms with Crippen LogP contribution in [0.1, 0.15) is 41.6 Å². The summed E-state index contributed by atoms with van der Waals surface area (Å²) in [5, 5.41) is 3.54. The van der Waals surface area contributed by atoms with Crippen LogP contribution >= 0.6 is 23.2 Å². The highest BCUT2D eigenvalue weighted by atomic mass is 35.5. The number of benzene rings is 2. The van der Waals surface area contributed by atoms with Crippen LogP contribution in [0.5, 0.6) is 5.75 Å². The van der Waals surface area contributed by atoms with E-state index in [4.69, 9.17) is 27.9 Å². The molecule has 37 heavy (non-hydrogen) atoms. The molecular weight excluding hydrogens is 515 g/mol. The van der Waals surface area contributed by atoms with Crippen molar-refractivity contribution in [3.05, 3.63) is 57.6 Å². The van der Waals surface area contributed by atoms with Gasteiger partial charge in [0.15, 0.2) is 0 Å². The second-order valence-corrected chi connectivity index (χ2v) is 10.4. The molecule has 0 saturated carbocycles. The van der Waals surface area contributed by atoms with Gasteiger partial charge >= 0.3 is 0 Å². The van der Waals surface area contributed by atoms with Crippen LogP contribution in [0.3, 0.4) is 0 Å². The molecule has 3 aliphatic heterocycles. The summed E-state index contributed by atoms with van der Waals surface area (Å²) in [4.78, 5) is 43.0. The van der Waals surface area contributed by atoms with E-state index in [-0.39, 0.29) is 18.2 Å². The van der Waals surface area contributed by atoms with Gasteiger partial charge in [-0.25, -0.2) is 0 Å². The Hall–Kier alpha value is -2.81. The first-order valence-electron chi connectivity index (χ1n) is 12.7. The minimum absolute atomic E-state index is 0.187. The van der Waals surface area contributed by atoms with Gasteiger partial charge in [0, 0.05) is 43.7 Å². The average Bonchev–Trinajstić information content (AvgIpc) is 3.23. The molecule has 5 rings (SSSR count). The number of nitrogens with one attached hydrogen (secondary N) is 1. The SMILES string of the molecule is O=C1CCC(N2Cc3c(OCCCCN4CCN(c5cccc(Cl)c5Cl)CC4)cccc3C2=O)C(=O)N1. The first kappa shape index (κ1) is 25.8. The minimum atomic E-state index is -0.624. The number of fused-ring (bicyclic) bond motifs is 1. The fraction of sp³-hybridized carbons (Fsp3) is 0.444. The van der Waals surface area contributed by atoms with Gasteiger partial charge in [-0.15, -0.1) is 0 Å². The predicted octanol–water partition coefficient (Wildman–Crippen LogP) is 3.74. The van der Waals surface area contributed by atoms with Crippen LogP contribution in [0.4, 0.5) is 5.69 Å². The zero-order valence-electron chi connectivity index (χ0n) is 20.6. The highest BCUT2D eigenvalue weighted by Crippen LogP contribution is 2.34. The molecule has 0 spiro atoms. The third-order valence-corrected chi connectivity index (χ3v) is 8.12. The molecule has 0 aromatic heterocycles. The van der Waals surface area contributed by atoms with E-state index in [1.807, 2.05) is 30.3 Å². The molecule has 8 nitrogen and oxygen atoms in total. The summed E-state index contributed by atoms with van der Waals surface area (Å²) in [7, 11) is 0. The number of piperazine rings is 1. The van der Waals surface area contributed by atoms with Crippen LogP contribution in [0.15, 0.2) is 36.4 Å². The number of hydrogen-bond acceptors (Lipinski definition) is 6. The normalized spacial score (nSPS) is 20.3. The van der Waals surface area contributed by atoms with Crippen molar-refractivity contribution in [1.82, 2.24) is 15.1 Å². The zero-order valence-corrected chi connectivity index (χ0v) is 22.1. The van der Waals surface area contributed by atoms with Gasteiger partial charge in [-0.3, -0.25) is 24.6 Å². The van der Waals surface area contributed by atoms with Crippen molar-refractivity contribution in [2.24, 2.45) is 0 Å². The highest BCUT2D eigenvalue weighted by molar-refractivity contribution is 6.43. The number of rotatable bonds is 8. The summed E-state index contributed by atoms with van der Waals surface area (Å²) < 4.78 is 6.08. The molecule has 10 heteroatoms. The molecule has 1 unspecified atom stereocenters. The smallest absolute Gasteiger partial charge is 0.255 e. The second-order valence-electron chi connectivity index (χ2n) is 9.64. The third kappa shape index (κ3) is 5.56. The van der Waals surface area contributed by atoms with Gasteiger partial charge in [0.25, 0.3) is 5.91 Å². The molecule has 1 N–H and O–H groups in total. The summed E-state index contributed by atoms with van der Waals surface area (Å²) in [6.07, 6.45) is 2.49. The van der Waals surface area contributed by atoms with Gasteiger partial charge in [0.1, 0.15) is 11.8 Å². The van der Waals surface area contributed by atoms with E-state index in [9.17, 15) is 14.4 Å². The number of hydrogen-bond donors (Lipinski definition) is 1. The van der Waals surface area contributed by atoms with Crippen molar-refractivity contribution >= 4 is 46.6 Å². The van der Waals surface area contributed by atoms with Gasteiger partial charge in [-0.2, -0.15) is 0 Å². The number of imide groups is 1. The highest BCUT2D eigenvalue weighted by Gasteiger charge is 2.40. The van der Waals surface area contributed by atoms with E-state index in [0.29, 0.717) is 40.9 Å². The Balaban J connectivity index is 1.07. The number of amides is 3. The Morgan fingerprint density at radius 3 is 2.54 bits per heavy atom. The molecule has 2 aromatic rings. The van der Waals surface area contributed by atoms with Crippen LogP contribution in [0, 0.1) is 0 Å². The van der Waals surface area contributed by atoms with Crippen molar-refractivity contribution in [3.8, 4) is 5.75 Å². The van der Waals surface area contributed by atoms with Gasteiger partial charge in [0.2, 0.25) is 11.8 Å². The van der Waals surface area contributed by atoms with E-state index < -0.39 is 11.9 Å². The molecule has 2 aromatic carbocycles. The number of carbonyl (C=O) groups is 3. The van der Waals surface area contributed by atoms with Gasteiger partial charge < -0.3 is 14.5 Å². The Kier molecular flexibility index (Phi) is 7.88. The summed E-state index contributed by atoms with van der Waals surface area (Å²) in [5.41, 5.74) is 2.38. The molecule has 3 heterocycles. The maximum absolute atomic E-state index is 13.0. The molecule has 0 aliphatic carbocycles. The van der Waals surface area contributed by atoms with E-state index in [1.54, 1.807) is 11.0 Å². The van der Waals surface area contributed by atoms with Crippen LogP contribution in [-0.2, 0) is 16.1 Å². The van der Waals surface area contributed by atoms with Gasteiger partial charge in [0.05, 0.1) is 28.9 Å². The van der Waals surface area contributed by atoms with Gasteiger partial charge in [-0.05, 0) is 50.1 Å². The van der Waals surface area contributed by atoms with Crippen LogP contribution in [0.25, 0.3) is 0 Å². The van der Waals surface area contributed by atoms with Crippen molar-refractivity contribution in [3.63, 3.8) is 0 Å². The molecule has 2 saturated heterocycles. The Bertz CT molecular complexity index is 1200. The third-order valence-electron chi connectivity index (χ3n) is 7.31. The van der Waals surface area contributed by atoms with Crippen LogP contribution in [-0.4, -0.2) is 72.9 Å².